The number of carbonyl (C=O) groups is 3. The van der Waals surface area contributed by atoms with Crippen LogP contribution in [0.5, 0.6) is 0 Å². The Hall–Kier alpha value is -2.05. The Bertz CT molecular complexity index is 577. The van der Waals surface area contributed by atoms with Gasteiger partial charge in [0.2, 0.25) is 0 Å². The molecule has 174 valence electrons. The first-order valence-corrected chi connectivity index (χ1v) is 9.53. The van der Waals surface area contributed by atoms with Gasteiger partial charge in [-0.05, 0) is 58.2 Å². The molecule has 1 atom stereocenters. The summed E-state index contributed by atoms with van der Waals surface area (Å²) in [5.74, 6) is -5.69. The molecule has 2 amide bonds. The highest BCUT2D eigenvalue weighted by Crippen LogP contribution is 2.16. The minimum absolute atomic E-state index is 0.0597. The van der Waals surface area contributed by atoms with Gasteiger partial charge in [0.05, 0.1) is 6.61 Å². The Morgan fingerprint density at radius 3 is 2.07 bits per heavy atom. The Balaban J connectivity index is 2.43. The molecule has 1 aliphatic rings. The Morgan fingerprint density at radius 2 is 1.50 bits per heavy atom. The first-order chi connectivity index (χ1) is 13.9. The fraction of sp³-hybridized carbons (Fsp3) is 0.824. The molecule has 1 unspecified atom stereocenters. The van der Waals surface area contributed by atoms with Crippen LogP contribution in [0.3, 0.4) is 0 Å². The zero-order valence-electron chi connectivity index (χ0n) is 16.2. The summed E-state index contributed by atoms with van der Waals surface area (Å²) in [4.78, 5) is 36.1. The fourth-order valence-electron chi connectivity index (χ4n) is 2.81. The van der Waals surface area contributed by atoms with E-state index < -0.39 is 49.1 Å². The molecule has 0 radical (unpaired) electrons. The average molecular weight is 449 g/mol. The summed E-state index contributed by atoms with van der Waals surface area (Å²) < 4.78 is 78.5. The zero-order chi connectivity index (χ0) is 22.8. The van der Waals surface area contributed by atoms with Crippen LogP contribution in [0.4, 0.5) is 26.3 Å². The Labute approximate surface area is 169 Å². The average Bonchev–Trinajstić information content (AvgIpc) is 3.15. The molecule has 0 spiro atoms. The number of nitrogens with zero attached hydrogens (tertiary/aromatic N) is 1. The number of amides is 2. The third kappa shape index (κ3) is 10.1. The lowest BCUT2D eigenvalue weighted by Gasteiger charge is -2.19. The van der Waals surface area contributed by atoms with Crippen molar-refractivity contribution in [2.24, 2.45) is 0 Å². The molecule has 0 bridgehead atoms. The van der Waals surface area contributed by atoms with Gasteiger partial charge < -0.3 is 20.3 Å². The van der Waals surface area contributed by atoms with Gasteiger partial charge in [0.1, 0.15) is 6.04 Å². The SMILES string of the molecule is O=C(OCCCCN1CCCC1)C(CCCNC(=O)C(F)(F)F)NC(=O)C(F)(F)F. The van der Waals surface area contributed by atoms with Crippen molar-refractivity contribution in [3.63, 3.8) is 0 Å². The number of hydrogen-bond donors (Lipinski definition) is 2. The van der Waals surface area contributed by atoms with E-state index in [0.717, 1.165) is 38.9 Å². The van der Waals surface area contributed by atoms with Crippen LogP contribution in [0.2, 0.25) is 0 Å². The Morgan fingerprint density at radius 1 is 0.900 bits per heavy atom. The van der Waals surface area contributed by atoms with Gasteiger partial charge in [-0.25, -0.2) is 4.79 Å². The summed E-state index contributed by atoms with van der Waals surface area (Å²) >= 11 is 0. The van der Waals surface area contributed by atoms with Crippen molar-refractivity contribution in [3.8, 4) is 0 Å². The van der Waals surface area contributed by atoms with E-state index in [1.165, 1.54) is 10.6 Å². The number of hydrogen-bond acceptors (Lipinski definition) is 5. The number of carbonyl (C=O) groups excluding carboxylic acids is 3. The first kappa shape index (κ1) is 26.0. The van der Waals surface area contributed by atoms with Crippen LogP contribution in [-0.4, -0.2) is 73.9 Å². The van der Waals surface area contributed by atoms with Crippen LogP contribution in [0, 0.1) is 0 Å². The monoisotopic (exact) mass is 449 g/mol. The predicted molar refractivity (Wildman–Crippen MR) is 92.2 cm³/mol. The lowest BCUT2D eigenvalue weighted by atomic mass is 10.1. The van der Waals surface area contributed by atoms with E-state index in [2.05, 4.69) is 4.90 Å². The number of unbranched alkanes of at least 4 members (excludes halogenated alkanes) is 1. The number of nitrogens with one attached hydrogen (secondary N) is 2. The quantitative estimate of drug-likeness (QED) is 0.286. The third-order valence-corrected chi connectivity index (χ3v) is 4.37. The molecule has 1 rings (SSSR count). The standard InChI is InChI=1S/C17H25F6N3O4/c18-16(19,20)14(28)24-7-5-6-12(25-15(29)17(21,22)23)13(27)30-11-4-3-10-26-8-1-2-9-26/h12H,1-11H2,(H,24,28)(H,25,29). The second kappa shape index (κ2) is 12.0. The van der Waals surface area contributed by atoms with Crippen molar-refractivity contribution in [1.29, 1.82) is 0 Å². The third-order valence-electron chi connectivity index (χ3n) is 4.37. The molecule has 1 saturated heterocycles. The molecule has 1 heterocycles. The zero-order valence-corrected chi connectivity index (χ0v) is 16.2. The van der Waals surface area contributed by atoms with Crippen LogP contribution < -0.4 is 10.6 Å². The molecule has 0 aromatic rings. The van der Waals surface area contributed by atoms with E-state index in [1.807, 2.05) is 0 Å². The number of halogens is 6. The normalized spacial score (nSPS) is 16.2. The Kier molecular flexibility index (Phi) is 10.4. The van der Waals surface area contributed by atoms with Crippen molar-refractivity contribution in [3.05, 3.63) is 0 Å². The van der Waals surface area contributed by atoms with E-state index in [9.17, 15) is 40.7 Å². The van der Waals surface area contributed by atoms with Crippen LogP contribution in [0.1, 0.15) is 38.5 Å². The van der Waals surface area contributed by atoms with Gasteiger partial charge in [0.15, 0.2) is 0 Å². The largest absolute Gasteiger partial charge is 0.471 e. The van der Waals surface area contributed by atoms with E-state index in [0.29, 0.717) is 6.42 Å². The number of rotatable bonds is 11. The highest BCUT2D eigenvalue weighted by Gasteiger charge is 2.41. The highest BCUT2D eigenvalue weighted by atomic mass is 19.4. The number of esters is 1. The number of ether oxygens (including phenoxy) is 1. The van der Waals surface area contributed by atoms with Crippen LogP contribution >= 0.6 is 0 Å². The van der Waals surface area contributed by atoms with E-state index in [-0.39, 0.29) is 13.0 Å². The van der Waals surface area contributed by atoms with Gasteiger partial charge in [0.25, 0.3) is 0 Å². The van der Waals surface area contributed by atoms with E-state index >= 15 is 0 Å². The molecular weight excluding hydrogens is 424 g/mol. The summed E-state index contributed by atoms with van der Waals surface area (Å²) in [6.07, 6.45) is -7.62. The van der Waals surface area contributed by atoms with Gasteiger partial charge in [-0.3, -0.25) is 9.59 Å². The van der Waals surface area contributed by atoms with Gasteiger partial charge in [-0.2, -0.15) is 26.3 Å². The molecule has 2 N–H and O–H groups in total. The molecule has 7 nitrogen and oxygen atoms in total. The second-order valence-corrected chi connectivity index (χ2v) is 6.84. The lowest BCUT2D eigenvalue weighted by Crippen LogP contribution is -2.48. The van der Waals surface area contributed by atoms with Gasteiger partial charge >= 0.3 is 30.1 Å². The molecule has 13 heteroatoms. The van der Waals surface area contributed by atoms with Gasteiger partial charge in [-0.15, -0.1) is 0 Å². The van der Waals surface area contributed by atoms with E-state index in [1.54, 1.807) is 0 Å². The molecular formula is C17H25F6N3O4. The number of likely N-dealkylation sites (tertiary alicyclic amines) is 1. The summed E-state index contributed by atoms with van der Waals surface area (Å²) in [7, 11) is 0. The maximum Gasteiger partial charge on any atom is 0.471 e. The smallest absolute Gasteiger partial charge is 0.464 e. The van der Waals surface area contributed by atoms with Gasteiger partial charge in [0, 0.05) is 6.54 Å². The van der Waals surface area contributed by atoms with E-state index in [4.69, 9.17) is 4.74 Å². The summed E-state index contributed by atoms with van der Waals surface area (Å²) in [5.41, 5.74) is 0. The molecule has 30 heavy (non-hydrogen) atoms. The molecule has 0 saturated carbocycles. The van der Waals surface area contributed by atoms with Crippen molar-refractivity contribution in [1.82, 2.24) is 15.5 Å². The second-order valence-electron chi connectivity index (χ2n) is 6.84. The van der Waals surface area contributed by atoms with Crippen molar-refractivity contribution in [2.75, 3.05) is 32.8 Å². The first-order valence-electron chi connectivity index (χ1n) is 9.53. The maximum atomic E-state index is 12.4. The van der Waals surface area contributed by atoms with Crippen LogP contribution in [0.15, 0.2) is 0 Å². The predicted octanol–water partition coefficient (Wildman–Crippen LogP) is 1.91. The summed E-state index contributed by atoms with van der Waals surface area (Å²) in [6.45, 7) is 2.20. The molecule has 0 aromatic heterocycles. The molecule has 1 aliphatic heterocycles. The fourth-order valence-corrected chi connectivity index (χ4v) is 2.81. The molecule has 1 fully saturated rings. The highest BCUT2D eigenvalue weighted by molar-refractivity contribution is 5.87. The van der Waals surface area contributed by atoms with Crippen molar-refractivity contribution < 1.29 is 45.5 Å². The van der Waals surface area contributed by atoms with Crippen LogP contribution in [0.25, 0.3) is 0 Å². The topological polar surface area (TPSA) is 87.7 Å². The van der Waals surface area contributed by atoms with Crippen molar-refractivity contribution >= 4 is 17.8 Å². The lowest BCUT2D eigenvalue weighted by molar-refractivity contribution is -0.176. The molecule has 0 aliphatic carbocycles. The van der Waals surface area contributed by atoms with Crippen LogP contribution in [-0.2, 0) is 19.1 Å². The summed E-state index contributed by atoms with van der Waals surface area (Å²) in [6, 6.07) is -1.69. The van der Waals surface area contributed by atoms with Gasteiger partial charge in [-0.1, -0.05) is 0 Å². The minimum Gasteiger partial charge on any atom is -0.464 e. The summed E-state index contributed by atoms with van der Waals surface area (Å²) in [5, 5.41) is 3.01. The van der Waals surface area contributed by atoms with Crippen molar-refractivity contribution in [2.45, 2.75) is 56.9 Å². The minimum atomic E-state index is -5.24. The maximum absolute atomic E-state index is 12.4. The molecule has 0 aromatic carbocycles. The number of alkyl halides is 6.